The van der Waals surface area contributed by atoms with Crippen molar-refractivity contribution >= 4 is 11.2 Å². The van der Waals surface area contributed by atoms with Crippen LogP contribution in [0.5, 0.6) is 6.01 Å². The van der Waals surface area contributed by atoms with Crippen LogP contribution in [0.1, 0.15) is 11.7 Å². The number of aliphatic hydroxyl groups excluding tert-OH is 1. The quantitative estimate of drug-likeness (QED) is 0.635. The normalized spacial score (nSPS) is 11.3. The monoisotopic (exact) mass is 321 g/mol. The van der Waals surface area contributed by atoms with E-state index in [1.54, 1.807) is 13.1 Å². The number of hydrogen-bond acceptors (Lipinski definition) is 7. The van der Waals surface area contributed by atoms with Gasteiger partial charge in [-0.2, -0.15) is 4.98 Å². The molecule has 0 aliphatic carbocycles. The van der Waals surface area contributed by atoms with E-state index in [1.165, 1.54) is 11.6 Å². The van der Waals surface area contributed by atoms with E-state index >= 15 is 0 Å². The fourth-order valence-corrected chi connectivity index (χ4v) is 2.19. The maximum Gasteiger partial charge on any atom is 0.332 e. The minimum absolute atomic E-state index is 0.0342. The molecule has 10 heteroatoms. The van der Waals surface area contributed by atoms with Crippen molar-refractivity contribution in [1.29, 1.82) is 0 Å². The molecule has 3 aromatic heterocycles. The second kappa shape index (κ2) is 5.72. The molecule has 0 aliphatic rings. The van der Waals surface area contributed by atoms with Crippen molar-refractivity contribution in [2.24, 2.45) is 7.05 Å². The van der Waals surface area contributed by atoms with Gasteiger partial charge in [0, 0.05) is 7.05 Å². The van der Waals surface area contributed by atoms with E-state index in [0.717, 1.165) is 4.57 Å². The van der Waals surface area contributed by atoms with Crippen LogP contribution in [-0.2, 0) is 20.2 Å². The largest absolute Gasteiger partial charge is 0.455 e. The molecule has 0 fully saturated rings. The molecule has 3 aromatic rings. The van der Waals surface area contributed by atoms with Crippen LogP contribution >= 0.6 is 0 Å². The zero-order valence-electron chi connectivity index (χ0n) is 12.6. The molecule has 0 spiro atoms. The molecule has 3 rings (SSSR count). The van der Waals surface area contributed by atoms with Gasteiger partial charge in [0.15, 0.2) is 17.8 Å². The first kappa shape index (κ1) is 15.0. The summed E-state index contributed by atoms with van der Waals surface area (Å²) in [6.45, 7) is 1.39. The van der Waals surface area contributed by atoms with Crippen molar-refractivity contribution in [1.82, 2.24) is 24.1 Å². The summed E-state index contributed by atoms with van der Waals surface area (Å²) in [4.78, 5) is 35.2. The van der Waals surface area contributed by atoms with Gasteiger partial charge in [-0.25, -0.2) is 9.78 Å². The third-order valence-corrected chi connectivity index (χ3v) is 3.28. The Balaban J connectivity index is 1.98. The fourth-order valence-electron chi connectivity index (χ4n) is 2.19. The van der Waals surface area contributed by atoms with Crippen molar-refractivity contribution in [2.45, 2.75) is 20.1 Å². The SMILES string of the molecule is Cc1cnc(COc2nc3c([nH]2)c(=O)n(CCO)c(=O)n3C)o1. The van der Waals surface area contributed by atoms with Crippen LogP contribution in [0.4, 0.5) is 0 Å². The maximum atomic E-state index is 12.3. The van der Waals surface area contributed by atoms with Crippen LogP contribution in [0, 0.1) is 6.92 Å². The van der Waals surface area contributed by atoms with Crippen molar-refractivity contribution in [3.8, 4) is 6.01 Å². The standard InChI is InChI=1S/C13H15N5O5/c1-7-5-14-8(23-7)6-22-12-15-9-10(16-12)17(2)13(21)18(3-4-19)11(9)20/h5,19H,3-4,6H2,1-2H3,(H,15,16). The van der Waals surface area contributed by atoms with E-state index in [0.29, 0.717) is 11.7 Å². The Hall–Kier alpha value is -2.88. The van der Waals surface area contributed by atoms with Crippen molar-refractivity contribution in [2.75, 3.05) is 6.61 Å². The molecule has 122 valence electrons. The van der Waals surface area contributed by atoms with Crippen molar-refractivity contribution in [3.63, 3.8) is 0 Å². The average Bonchev–Trinajstić information content (AvgIpc) is 3.14. The van der Waals surface area contributed by atoms with E-state index in [-0.39, 0.29) is 36.9 Å². The summed E-state index contributed by atoms with van der Waals surface area (Å²) in [6, 6.07) is 0.0738. The zero-order valence-corrected chi connectivity index (χ0v) is 12.6. The number of nitrogens with zero attached hydrogens (tertiary/aromatic N) is 4. The first-order valence-electron chi connectivity index (χ1n) is 6.85. The summed E-state index contributed by atoms with van der Waals surface area (Å²) in [5, 5.41) is 8.97. The molecule has 0 saturated heterocycles. The average molecular weight is 321 g/mol. The number of aromatic nitrogens is 5. The first-order valence-corrected chi connectivity index (χ1v) is 6.85. The zero-order chi connectivity index (χ0) is 16.6. The predicted molar refractivity (Wildman–Crippen MR) is 78.3 cm³/mol. The highest BCUT2D eigenvalue weighted by molar-refractivity contribution is 5.70. The highest BCUT2D eigenvalue weighted by Gasteiger charge is 2.16. The molecule has 0 bridgehead atoms. The second-order valence-electron chi connectivity index (χ2n) is 4.92. The molecule has 23 heavy (non-hydrogen) atoms. The van der Waals surface area contributed by atoms with Gasteiger partial charge in [-0.3, -0.25) is 13.9 Å². The Bertz CT molecular complexity index is 963. The Morgan fingerprint density at radius 1 is 1.43 bits per heavy atom. The van der Waals surface area contributed by atoms with Gasteiger partial charge >= 0.3 is 5.69 Å². The second-order valence-corrected chi connectivity index (χ2v) is 4.92. The number of nitrogens with one attached hydrogen (secondary N) is 1. The Morgan fingerprint density at radius 3 is 2.87 bits per heavy atom. The highest BCUT2D eigenvalue weighted by atomic mass is 16.5. The van der Waals surface area contributed by atoms with E-state index in [9.17, 15) is 9.59 Å². The Labute approximate surface area is 129 Å². The van der Waals surface area contributed by atoms with Gasteiger partial charge in [0.25, 0.3) is 11.6 Å². The third-order valence-electron chi connectivity index (χ3n) is 3.28. The minimum atomic E-state index is -0.563. The number of aromatic amines is 1. The van der Waals surface area contributed by atoms with Gasteiger partial charge in [-0.15, -0.1) is 0 Å². The predicted octanol–water partition coefficient (Wildman–Crippen LogP) is -0.709. The molecule has 10 nitrogen and oxygen atoms in total. The summed E-state index contributed by atoms with van der Waals surface area (Å²) in [7, 11) is 1.49. The lowest BCUT2D eigenvalue weighted by Crippen LogP contribution is -2.39. The van der Waals surface area contributed by atoms with E-state index in [1.807, 2.05) is 0 Å². The van der Waals surface area contributed by atoms with Crippen molar-refractivity contribution < 1.29 is 14.3 Å². The van der Waals surface area contributed by atoms with Gasteiger partial charge in [-0.1, -0.05) is 0 Å². The van der Waals surface area contributed by atoms with Crippen LogP contribution in [0.15, 0.2) is 20.2 Å². The van der Waals surface area contributed by atoms with Crippen LogP contribution in [0.25, 0.3) is 11.2 Å². The number of oxazole rings is 1. The number of fused-ring (bicyclic) bond motifs is 1. The molecule has 0 unspecified atom stereocenters. The smallest absolute Gasteiger partial charge is 0.332 e. The van der Waals surface area contributed by atoms with E-state index in [4.69, 9.17) is 14.3 Å². The van der Waals surface area contributed by atoms with Gasteiger partial charge < -0.3 is 19.2 Å². The summed E-state index contributed by atoms with van der Waals surface area (Å²) < 4.78 is 12.8. The maximum absolute atomic E-state index is 12.3. The molecule has 0 amide bonds. The molecule has 0 radical (unpaired) electrons. The number of hydrogen-bond donors (Lipinski definition) is 2. The van der Waals surface area contributed by atoms with E-state index < -0.39 is 11.2 Å². The number of imidazole rings is 1. The lowest BCUT2D eigenvalue weighted by atomic mass is 10.5. The summed E-state index contributed by atoms with van der Waals surface area (Å²) in [5.41, 5.74) is -0.823. The third kappa shape index (κ3) is 2.63. The number of ether oxygens (including phenoxy) is 1. The summed E-state index contributed by atoms with van der Waals surface area (Å²) in [5.74, 6) is 1.03. The first-order chi connectivity index (χ1) is 11.0. The molecule has 2 N–H and O–H groups in total. The summed E-state index contributed by atoms with van der Waals surface area (Å²) >= 11 is 0. The molecule has 0 atom stereocenters. The van der Waals surface area contributed by atoms with Gasteiger partial charge in [-0.05, 0) is 6.92 Å². The van der Waals surface area contributed by atoms with Crippen LogP contribution in [0.2, 0.25) is 0 Å². The number of aryl methyl sites for hydroxylation is 2. The molecule has 0 aliphatic heterocycles. The summed E-state index contributed by atoms with van der Waals surface area (Å²) in [6.07, 6.45) is 1.56. The Morgan fingerprint density at radius 2 is 2.22 bits per heavy atom. The van der Waals surface area contributed by atoms with Crippen molar-refractivity contribution in [3.05, 3.63) is 38.7 Å². The van der Waals surface area contributed by atoms with Gasteiger partial charge in [0.05, 0.1) is 19.3 Å². The van der Waals surface area contributed by atoms with Crippen LogP contribution < -0.4 is 16.0 Å². The van der Waals surface area contributed by atoms with Gasteiger partial charge in [0.2, 0.25) is 5.89 Å². The number of rotatable bonds is 5. The lowest BCUT2D eigenvalue weighted by molar-refractivity contribution is 0.244. The van der Waals surface area contributed by atoms with Crippen LogP contribution in [-0.4, -0.2) is 35.8 Å². The molecule has 0 aromatic carbocycles. The number of H-pyrrole nitrogens is 1. The molecular weight excluding hydrogens is 306 g/mol. The molecule has 3 heterocycles. The van der Waals surface area contributed by atoms with Crippen LogP contribution in [0.3, 0.4) is 0 Å². The molecule has 0 saturated carbocycles. The topological polar surface area (TPSA) is 128 Å². The Kier molecular flexibility index (Phi) is 3.74. The minimum Gasteiger partial charge on any atom is -0.455 e. The molecular formula is C13H15N5O5. The number of aliphatic hydroxyl groups is 1. The van der Waals surface area contributed by atoms with E-state index in [2.05, 4.69) is 15.0 Å². The van der Waals surface area contributed by atoms with Gasteiger partial charge in [0.1, 0.15) is 5.76 Å². The highest BCUT2D eigenvalue weighted by Crippen LogP contribution is 2.12. The lowest BCUT2D eigenvalue weighted by Gasteiger charge is -2.05. The fraction of sp³-hybridized carbons (Fsp3) is 0.385.